The van der Waals surface area contributed by atoms with E-state index < -0.39 is 9.84 Å². The lowest BCUT2D eigenvalue weighted by molar-refractivity contribution is 0.197. The van der Waals surface area contributed by atoms with Gasteiger partial charge in [0.15, 0.2) is 9.84 Å². The summed E-state index contributed by atoms with van der Waals surface area (Å²) in [5, 5.41) is 3.37. The lowest BCUT2D eigenvalue weighted by Crippen LogP contribution is -2.35. The fourth-order valence-corrected chi connectivity index (χ4v) is 3.16. The van der Waals surface area contributed by atoms with E-state index in [4.69, 9.17) is 0 Å². The second-order valence-corrected chi connectivity index (χ2v) is 7.35. The van der Waals surface area contributed by atoms with Crippen molar-refractivity contribution in [2.75, 3.05) is 26.4 Å². The third-order valence-corrected chi connectivity index (χ3v) is 5.14. The molecule has 1 saturated heterocycles. The molecular formula is C14H22N2O2S. The maximum Gasteiger partial charge on any atom is 0.175 e. The van der Waals surface area contributed by atoms with Crippen LogP contribution in [-0.4, -0.2) is 45.8 Å². The van der Waals surface area contributed by atoms with Crippen molar-refractivity contribution in [1.29, 1.82) is 0 Å². The monoisotopic (exact) mass is 282 g/mol. The molecule has 0 spiro atoms. The highest BCUT2D eigenvalue weighted by Gasteiger charge is 2.23. The van der Waals surface area contributed by atoms with Crippen molar-refractivity contribution in [3.8, 4) is 0 Å². The number of nitrogens with one attached hydrogen (secondary N) is 1. The third kappa shape index (κ3) is 3.35. The van der Waals surface area contributed by atoms with Gasteiger partial charge in [0.2, 0.25) is 0 Å². The lowest BCUT2D eigenvalue weighted by Gasteiger charge is -2.30. The molecule has 2 atom stereocenters. The minimum absolute atomic E-state index is 0.290. The second kappa shape index (κ2) is 5.61. The molecule has 4 nitrogen and oxygen atoms in total. The van der Waals surface area contributed by atoms with Crippen LogP contribution in [0.3, 0.4) is 0 Å². The van der Waals surface area contributed by atoms with E-state index in [9.17, 15) is 8.42 Å². The van der Waals surface area contributed by atoms with Crippen LogP contribution in [0.2, 0.25) is 0 Å². The van der Waals surface area contributed by atoms with Gasteiger partial charge in [-0.15, -0.1) is 0 Å². The van der Waals surface area contributed by atoms with Gasteiger partial charge in [-0.2, -0.15) is 0 Å². The highest BCUT2D eigenvalue weighted by molar-refractivity contribution is 7.90. The first-order chi connectivity index (χ1) is 8.89. The molecule has 0 aromatic heterocycles. The van der Waals surface area contributed by atoms with Gasteiger partial charge in [-0.3, -0.25) is 4.90 Å². The summed E-state index contributed by atoms with van der Waals surface area (Å²) in [7, 11) is -0.973. The van der Waals surface area contributed by atoms with Crippen LogP contribution in [0.4, 0.5) is 0 Å². The molecule has 1 heterocycles. The molecule has 1 fully saturated rings. The molecule has 1 N–H and O–H groups in total. The van der Waals surface area contributed by atoms with Gasteiger partial charge >= 0.3 is 0 Å². The minimum atomic E-state index is -3.10. The van der Waals surface area contributed by atoms with Crippen LogP contribution in [0.15, 0.2) is 29.2 Å². The molecule has 5 heteroatoms. The Morgan fingerprint density at radius 1 is 1.32 bits per heavy atom. The summed E-state index contributed by atoms with van der Waals surface area (Å²) in [6.07, 6.45) is 2.41. The molecule has 2 unspecified atom stereocenters. The van der Waals surface area contributed by atoms with Crippen LogP contribution in [0.5, 0.6) is 0 Å². The van der Waals surface area contributed by atoms with Gasteiger partial charge in [0.05, 0.1) is 4.90 Å². The zero-order chi connectivity index (χ0) is 14.0. The number of nitrogens with zero attached hydrogens (tertiary/aromatic N) is 1. The summed E-state index contributed by atoms with van der Waals surface area (Å²) in [5.41, 5.74) is 1.15. The SMILES string of the molecule is CC(c1ccc(S(C)(=O)=O)cc1)N(C)C1CCNC1. The Kier molecular flexibility index (Phi) is 4.28. The van der Waals surface area contributed by atoms with Crippen molar-refractivity contribution >= 4 is 9.84 Å². The number of hydrogen-bond acceptors (Lipinski definition) is 4. The van der Waals surface area contributed by atoms with E-state index in [-0.39, 0.29) is 0 Å². The summed E-state index contributed by atoms with van der Waals surface area (Å²) in [5.74, 6) is 0. The zero-order valence-electron chi connectivity index (χ0n) is 11.8. The van der Waals surface area contributed by atoms with Crippen molar-refractivity contribution in [2.45, 2.75) is 30.3 Å². The third-order valence-electron chi connectivity index (χ3n) is 4.01. The Balaban J connectivity index is 2.13. The van der Waals surface area contributed by atoms with E-state index in [0.29, 0.717) is 17.0 Å². The standard InChI is InChI=1S/C14H22N2O2S/c1-11(16(2)13-8-9-15-10-13)12-4-6-14(7-5-12)19(3,17)18/h4-7,11,13,15H,8-10H2,1-3H3. The van der Waals surface area contributed by atoms with Gasteiger partial charge in [0, 0.05) is 24.9 Å². The number of rotatable bonds is 4. The van der Waals surface area contributed by atoms with Crippen LogP contribution in [0, 0.1) is 0 Å². The maximum atomic E-state index is 11.4. The molecule has 0 saturated carbocycles. The zero-order valence-corrected chi connectivity index (χ0v) is 12.6. The molecule has 106 valence electrons. The highest BCUT2D eigenvalue weighted by atomic mass is 32.2. The number of hydrogen-bond donors (Lipinski definition) is 1. The topological polar surface area (TPSA) is 49.4 Å². The molecule has 1 aromatic rings. The summed E-state index contributed by atoms with van der Waals surface area (Å²) in [6.45, 7) is 4.27. The number of sulfone groups is 1. The number of likely N-dealkylation sites (N-methyl/N-ethyl adjacent to an activating group) is 1. The average Bonchev–Trinajstić information content (AvgIpc) is 2.90. The second-order valence-electron chi connectivity index (χ2n) is 5.33. The van der Waals surface area contributed by atoms with E-state index in [1.165, 1.54) is 12.7 Å². The molecule has 0 amide bonds. The lowest BCUT2D eigenvalue weighted by atomic mass is 10.1. The smallest absolute Gasteiger partial charge is 0.175 e. The van der Waals surface area contributed by atoms with Crippen molar-refractivity contribution in [1.82, 2.24) is 10.2 Å². The van der Waals surface area contributed by atoms with Crippen LogP contribution < -0.4 is 5.32 Å². The summed E-state index contributed by atoms with van der Waals surface area (Å²) >= 11 is 0. The molecule has 2 rings (SSSR count). The van der Waals surface area contributed by atoms with Gasteiger partial charge in [-0.25, -0.2) is 8.42 Å². The number of benzene rings is 1. The van der Waals surface area contributed by atoms with Crippen LogP contribution in [0.25, 0.3) is 0 Å². The van der Waals surface area contributed by atoms with Gasteiger partial charge in [0.25, 0.3) is 0 Å². The molecule has 1 aromatic carbocycles. The minimum Gasteiger partial charge on any atom is -0.315 e. The quantitative estimate of drug-likeness (QED) is 0.908. The van der Waals surface area contributed by atoms with Gasteiger partial charge in [-0.05, 0) is 44.6 Å². The van der Waals surface area contributed by atoms with Crippen LogP contribution >= 0.6 is 0 Å². The van der Waals surface area contributed by atoms with E-state index in [0.717, 1.165) is 18.7 Å². The normalized spacial score (nSPS) is 21.8. The Bertz CT molecular complexity index is 519. The predicted octanol–water partition coefficient (Wildman–Crippen LogP) is 1.44. The van der Waals surface area contributed by atoms with E-state index in [1.807, 2.05) is 12.1 Å². The summed E-state index contributed by atoms with van der Waals surface area (Å²) in [4.78, 5) is 2.74. The Morgan fingerprint density at radius 3 is 2.42 bits per heavy atom. The van der Waals surface area contributed by atoms with Crippen molar-refractivity contribution in [3.05, 3.63) is 29.8 Å². The Morgan fingerprint density at radius 2 is 1.95 bits per heavy atom. The first kappa shape index (κ1) is 14.5. The van der Waals surface area contributed by atoms with E-state index in [1.54, 1.807) is 12.1 Å². The Labute approximate surface area is 115 Å². The first-order valence-corrected chi connectivity index (χ1v) is 8.51. The fraction of sp³-hybridized carbons (Fsp3) is 0.571. The van der Waals surface area contributed by atoms with Crippen LogP contribution in [0.1, 0.15) is 24.9 Å². The van der Waals surface area contributed by atoms with Gasteiger partial charge < -0.3 is 5.32 Å². The van der Waals surface area contributed by atoms with Crippen LogP contribution in [-0.2, 0) is 9.84 Å². The van der Waals surface area contributed by atoms with E-state index in [2.05, 4.69) is 24.2 Å². The first-order valence-electron chi connectivity index (χ1n) is 6.62. The molecule has 0 radical (unpaired) electrons. The van der Waals surface area contributed by atoms with Gasteiger partial charge in [0.1, 0.15) is 0 Å². The van der Waals surface area contributed by atoms with Gasteiger partial charge in [-0.1, -0.05) is 12.1 Å². The molecule has 1 aliphatic rings. The van der Waals surface area contributed by atoms with E-state index >= 15 is 0 Å². The predicted molar refractivity (Wildman–Crippen MR) is 77.0 cm³/mol. The molecular weight excluding hydrogens is 260 g/mol. The molecule has 0 bridgehead atoms. The van der Waals surface area contributed by atoms with Crippen molar-refractivity contribution < 1.29 is 8.42 Å². The largest absolute Gasteiger partial charge is 0.315 e. The average molecular weight is 282 g/mol. The molecule has 19 heavy (non-hydrogen) atoms. The maximum absolute atomic E-state index is 11.4. The highest BCUT2D eigenvalue weighted by Crippen LogP contribution is 2.24. The summed E-state index contributed by atoms with van der Waals surface area (Å²) in [6, 6.07) is 8.08. The molecule has 1 aliphatic heterocycles. The Hall–Kier alpha value is -0.910. The summed E-state index contributed by atoms with van der Waals surface area (Å²) < 4.78 is 22.9. The fourth-order valence-electron chi connectivity index (χ4n) is 2.53. The van der Waals surface area contributed by atoms with Crippen molar-refractivity contribution in [2.24, 2.45) is 0 Å². The van der Waals surface area contributed by atoms with Crippen molar-refractivity contribution in [3.63, 3.8) is 0 Å². The molecule has 0 aliphatic carbocycles.